The first-order valence-electron chi connectivity index (χ1n) is 5.90. The number of aromatic nitrogens is 2. The van der Waals surface area contributed by atoms with Gasteiger partial charge in [-0.15, -0.1) is 11.3 Å². The number of hydrogen-bond donors (Lipinski definition) is 2. The summed E-state index contributed by atoms with van der Waals surface area (Å²) in [5, 5.41) is 5.47. The fraction of sp³-hybridized carbons (Fsp3) is 0.273. The number of methoxy groups -OCH3 is 1. The molecule has 0 fully saturated rings. The van der Waals surface area contributed by atoms with Crippen molar-refractivity contribution in [2.75, 3.05) is 17.6 Å². The molecule has 0 aromatic carbocycles. The standard InChI is InChI=1S/C11H14N4O4S2/c1-3-15-6-8(10(12)13-15)21(17,18)14-7-4-5-20-9(7)11(16)19-2/h4-6,14H,3H2,1-2H3,(H2,12,13). The summed E-state index contributed by atoms with van der Waals surface area (Å²) in [5.41, 5.74) is 5.76. The number of nitrogen functional groups attached to an aromatic ring is 1. The number of rotatable bonds is 5. The van der Waals surface area contributed by atoms with Crippen LogP contribution in [-0.4, -0.2) is 31.3 Å². The molecule has 0 saturated heterocycles. The summed E-state index contributed by atoms with van der Waals surface area (Å²) in [6, 6.07) is 1.48. The van der Waals surface area contributed by atoms with Crippen LogP contribution in [0.25, 0.3) is 0 Å². The summed E-state index contributed by atoms with van der Waals surface area (Å²) in [5.74, 6) is -0.709. The van der Waals surface area contributed by atoms with E-state index in [0.717, 1.165) is 11.3 Å². The number of nitrogens with zero attached hydrogens (tertiary/aromatic N) is 2. The summed E-state index contributed by atoms with van der Waals surface area (Å²) in [6.45, 7) is 2.30. The van der Waals surface area contributed by atoms with Crippen molar-refractivity contribution in [3.8, 4) is 0 Å². The Labute approximate surface area is 125 Å². The Morgan fingerprint density at radius 2 is 2.29 bits per heavy atom. The molecule has 114 valence electrons. The van der Waals surface area contributed by atoms with E-state index in [1.807, 2.05) is 6.92 Å². The van der Waals surface area contributed by atoms with Crippen LogP contribution in [0.4, 0.5) is 11.5 Å². The van der Waals surface area contributed by atoms with Gasteiger partial charge in [0.2, 0.25) is 0 Å². The molecule has 2 rings (SSSR count). The third kappa shape index (κ3) is 3.00. The van der Waals surface area contributed by atoms with Crippen LogP contribution in [-0.2, 0) is 21.3 Å². The van der Waals surface area contributed by atoms with Crippen molar-refractivity contribution < 1.29 is 17.9 Å². The summed E-state index contributed by atoms with van der Waals surface area (Å²) in [7, 11) is -2.70. The van der Waals surface area contributed by atoms with Crippen molar-refractivity contribution in [3.05, 3.63) is 22.5 Å². The van der Waals surface area contributed by atoms with E-state index >= 15 is 0 Å². The van der Waals surface area contributed by atoms with E-state index in [0.29, 0.717) is 6.54 Å². The molecule has 21 heavy (non-hydrogen) atoms. The predicted molar refractivity (Wildman–Crippen MR) is 78.8 cm³/mol. The molecule has 8 nitrogen and oxygen atoms in total. The number of nitrogens with two attached hydrogens (primary N) is 1. The molecule has 0 amide bonds. The zero-order chi connectivity index (χ0) is 15.6. The van der Waals surface area contributed by atoms with Crippen LogP contribution >= 0.6 is 11.3 Å². The SMILES string of the molecule is CCn1cc(S(=O)(=O)Nc2ccsc2C(=O)OC)c(N)n1. The van der Waals surface area contributed by atoms with Gasteiger partial charge in [0.05, 0.1) is 12.8 Å². The van der Waals surface area contributed by atoms with E-state index in [-0.39, 0.29) is 21.3 Å². The molecule has 0 aliphatic carbocycles. The number of anilines is 2. The number of carbonyl (C=O) groups excluding carboxylic acids is 1. The van der Waals surface area contributed by atoms with E-state index in [9.17, 15) is 13.2 Å². The lowest BCUT2D eigenvalue weighted by Gasteiger charge is -2.06. The largest absolute Gasteiger partial charge is 0.465 e. The molecule has 0 spiro atoms. The van der Waals surface area contributed by atoms with Crippen molar-refractivity contribution in [2.24, 2.45) is 0 Å². The van der Waals surface area contributed by atoms with Gasteiger partial charge in [-0.3, -0.25) is 9.40 Å². The first-order valence-corrected chi connectivity index (χ1v) is 8.27. The third-order valence-corrected chi connectivity index (χ3v) is 4.93. The maximum atomic E-state index is 12.3. The number of ether oxygens (including phenoxy) is 1. The van der Waals surface area contributed by atoms with Gasteiger partial charge >= 0.3 is 5.97 Å². The molecular weight excluding hydrogens is 316 g/mol. The summed E-state index contributed by atoms with van der Waals surface area (Å²) in [6.07, 6.45) is 1.34. The van der Waals surface area contributed by atoms with Crippen LogP contribution in [0.1, 0.15) is 16.6 Å². The lowest BCUT2D eigenvalue weighted by atomic mass is 10.4. The van der Waals surface area contributed by atoms with E-state index in [1.165, 1.54) is 24.1 Å². The van der Waals surface area contributed by atoms with Gasteiger partial charge in [-0.05, 0) is 18.4 Å². The molecule has 0 aliphatic heterocycles. The molecule has 10 heteroatoms. The quantitative estimate of drug-likeness (QED) is 0.794. The monoisotopic (exact) mass is 330 g/mol. The van der Waals surface area contributed by atoms with E-state index in [4.69, 9.17) is 5.73 Å². The van der Waals surface area contributed by atoms with Crippen molar-refractivity contribution >= 4 is 38.8 Å². The van der Waals surface area contributed by atoms with Crippen LogP contribution in [0.5, 0.6) is 0 Å². The maximum absolute atomic E-state index is 12.3. The normalized spacial score (nSPS) is 11.3. The van der Waals surface area contributed by atoms with Crippen LogP contribution in [0.15, 0.2) is 22.5 Å². The van der Waals surface area contributed by atoms with Gasteiger partial charge in [-0.2, -0.15) is 5.10 Å². The topological polar surface area (TPSA) is 116 Å². The van der Waals surface area contributed by atoms with Crippen molar-refractivity contribution in [1.29, 1.82) is 0 Å². The molecule has 2 heterocycles. The first kappa shape index (κ1) is 15.3. The smallest absolute Gasteiger partial charge is 0.350 e. The van der Waals surface area contributed by atoms with Crippen molar-refractivity contribution in [1.82, 2.24) is 9.78 Å². The minimum Gasteiger partial charge on any atom is -0.465 e. The molecule has 0 unspecified atom stereocenters. The second-order valence-electron chi connectivity index (χ2n) is 3.99. The molecule has 0 aliphatic rings. The maximum Gasteiger partial charge on any atom is 0.350 e. The fourth-order valence-corrected chi connectivity index (χ4v) is 3.60. The third-order valence-electron chi connectivity index (χ3n) is 2.65. The minimum absolute atomic E-state index is 0.0980. The van der Waals surface area contributed by atoms with E-state index in [2.05, 4.69) is 14.6 Å². The lowest BCUT2D eigenvalue weighted by Crippen LogP contribution is -2.15. The second kappa shape index (κ2) is 5.74. The van der Waals surface area contributed by atoms with Crippen LogP contribution < -0.4 is 10.5 Å². The van der Waals surface area contributed by atoms with Crippen molar-refractivity contribution in [3.63, 3.8) is 0 Å². The number of hydrogen-bond acceptors (Lipinski definition) is 7. The highest BCUT2D eigenvalue weighted by molar-refractivity contribution is 7.92. The molecule has 0 saturated carbocycles. The molecular formula is C11H14N4O4S2. The Bertz CT molecular complexity index is 763. The average Bonchev–Trinajstić information content (AvgIpc) is 3.04. The fourth-order valence-electron chi connectivity index (χ4n) is 1.63. The molecule has 0 radical (unpaired) electrons. The predicted octanol–water partition coefficient (Wildman–Crippen LogP) is 1.13. The van der Waals surface area contributed by atoms with Crippen molar-refractivity contribution in [2.45, 2.75) is 18.4 Å². The van der Waals surface area contributed by atoms with Gasteiger partial charge in [0.1, 0.15) is 9.77 Å². The highest BCUT2D eigenvalue weighted by Crippen LogP contribution is 2.27. The number of thiophene rings is 1. The molecule has 3 N–H and O–H groups in total. The molecule has 0 bridgehead atoms. The summed E-state index contributed by atoms with van der Waals surface area (Å²) in [4.78, 5) is 11.6. The zero-order valence-corrected chi connectivity index (χ0v) is 13.0. The Balaban J connectivity index is 2.36. The Kier molecular flexibility index (Phi) is 4.19. The Hall–Kier alpha value is -2.07. The number of aryl methyl sites for hydroxylation is 1. The van der Waals surface area contributed by atoms with Gasteiger partial charge in [0.25, 0.3) is 10.0 Å². The number of nitrogens with one attached hydrogen (secondary N) is 1. The highest BCUT2D eigenvalue weighted by atomic mass is 32.2. The van der Waals surface area contributed by atoms with Gasteiger partial charge in [0, 0.05) is 12.7 Å². The zero-order valence-electron chi connectivity index (χ0n) is 11.4. The average molecular weight is 330 g/mol. The van der Waals surface area contributed by atoms with Gasteiger partial charge in [0.15, 0.2) is 5.82 Å². The first-order chi connectivity index (χ1) is 9.89. The lowest BCUT2D eigenvalue weighted by molar-refractivity contribution is 0.0607. The van der Waals surface area contributed by atoms with Crippen LogP contribution in [0, 0.1) is 0 Å². The summed E-state index contributed by atoms with van der Waals surface area (Å²) < 4.78 is 33.0. The molecule has 2 aromatic heterocycles. The highest BCUT2D eigenvalue weighted by Gasteiger charge is 2.24. The van der Waals surface area contributed by atoms with Gasteiger partial charge in [-0.25, -0.2) is 13.2 Å². The Morgan fingerprint density at radius 3 is 2.86 bits per heavy atom. The minimum atomic E-state index is -3.93. The number of esters is 1. The molecule has 2 aromatic rings. The Morgan fingerprint density at radius 1 is 1.57 bits per heavy atom. The van der Waals surface area contributed by atoms with Gasteiger partial charge < -0.3 is 10.5 Å². The van der Waals surface area contributed by atoms with Crippen LogP contribution in [0.3, 0.4) is 0 Å². The second-order valence-corrected chi connectivity index (χ2v) is 6.56. The number of sulfonamides is 1. The van der Waals surface area contributed by atoms with Gasteiger partial charge in [-0.1, -0.05) is 0 Å². The number of carbonyl (C=O) groups is 1. The van der Waals surface area contributed by atoms with E-state index < -0.39 is 16.0 Å². The van der Waals surface area contributed by atoms with E-state index in [1.54, 1.807) is 5.38 Å². The van der Waals surface area contributed by atoms with Crippen LogP contribution in [0.2, 0.25) is 0 Å². The summed E-state index contributed by atoms with van der Waals surface area (Å²) >= 11 is 1.08. The molecule has 0 atom stereocenters.